The summed E-state index contributed by atoms with van der Waals surface area (Å²) < 4.78 is 6.20. The lowest BCUT2D eigenvalue weighted by molar-refractivity contribution is -0.121. The van der Waals surface area contributed by atoms with Crippen LogP contribution in [0.4, 0.5) is 5.69 Å². The third-order valence-corrected chi connectivity index (χ3v) is 5.43. The standard InChI is InChI=1S/C20H20BrClN2O3/c1-27-18-7-6-16(22)12-17(18)23-19(25)13-8-10-24(11-9-13)20(26)14-2-4-15(21)5-3-14/h2-7,12-13H,8-11H2,1H3,(H,23,25). The summed E-state index contributed by atoms with van der Waals surface area (Å²) in [6.07, 6.45) is 1.24. The molecule has 1 N–H and O–H groups in total. The molecule has 2 amide bonds. The Labute approximate surface area is 171 Å². The SMILES string of the molecule is COc1ccc(Cl)cc1NC(=O)C1CCN(C(=O)c2ccc(Br)cc2)CC1. The fourth-order valence-electron chi connectivity index (χ4n) is 3.13. The maximum Gasteiger partial charge on any atom is 0.253 e. The minimum absolute atomic E-state index is 0.00197. The minimum atomic E-state index is -0.150. The molecule has 1 aliphatic heterocycles. The van der Waals surface area contributed by atoms with Crippen LogP contribution in [0.5, 0.6) is 5.75 Å². The highest BCUT2D eigenvalue weighted by atomic mass is 79.9. The fourth-order valence-corrected chi connectivity index (χ4v) is 3.57. The van der Waals surface area contributed by atoms with Crippen molar-refractivity contribution in [2.24, 2.45) is 5.92 Å². The second-order valence-electron chi connectivity index (χ2n) is 6.41. The number of amides is 2. The first kappa shape index (κ1) is 19.7. The van der Waals surface area contributed by atoms with Crippen molar-refractivity contribution in [2.45, 2.75) is 12.8 Å². The zero-order valence-electron chi connectivity index (χ0n) is 14.9. The molecule has 0 aliphatic carbocycles. The third-order valence-electron chi connectivity index (χ3n) is 4.66. The zero-order chi connectivity index (χ0) is 19.4. The molecule has 5 nitrogen and oxygen atoms in total. The number of carbonyl (C=O) groups excluding carboxylic acids is 2. The molecule has 0 aromatic heterocycles. The second kappa shape index (κ2) is 8.76. The summed E-state index contributed by atoms with van der Waals surface area (Å²) in [5, 5.41) is 3.43. The fraction of sp³-hybridized carbons (Fsp3) is 0.300. The predicted molar refractivity (Wildman–Crippen MR) is 109 cm³/mol. The summed E-state index contributed by atoms with van der Waals surface area (Å²) in [6, 6.07) is 12.4. The number of hydrogen-bond donors (Lipinski definition) is 1. The number of rotatable bonds is 4. The van der Waals surface area contributed by atoms with Crippen LogP contribution in [-0.4, -0.2) is 36.9 Å². The van der Waals surface area contributed by atoms with Crippen LogP contribution in [0, 0.1) is 5.92 Å². The van der Waals surface area contributed by atoms with Gasteiger partial charge < -0.3 is 15.0 Å². The summed E-state index contributed by atoms with van der Waals surface area (Å²) in [7, 11) is 1.55. The molecule has 0 saturated carbocycles. The van der Waals surface area contributed by atoms with Gasteiger partial charge >= 0.3 is 0 Å². The van der Waals surface area contributed by atoms with Crippen LogP contribution in [0.25, 0.3) is 0 Å². The summed E-state index contributed by atoms with van der Waals surface area (Å²) in [5.74, 6) is 0.336. The number of ether oxygens (including phenoxy) is 1. The van der Waals surface area contributed by atoms with Crippen LogP contribution in [0.15, 0.2) is 46.9 Å². The molecule has 1 fully saturated rings. The first-order chi connectivity index (χ1) is 13.0. The number of piperidine rings is 1. The number of carbonyl (C=O) groups is 2. The predicted octanol–water partition coefficient (Wildman–Crippen LogP) is 4.60. The van der Waals surface area contributed by atoms with E-state index in [0.29, 0.717) is 48.0 Å². The summed E-state index contributed by atoms with van der Waals surface area (Å²) >= 11 is 9.38. The van der Waals surface area contributed by atoms with Gasteiger partial charge in [0, 0.05) is 34.1 Å². The number of methoxy groups -OCH3 is 1. The van der Waals surface area contributed by atoms with Crippen LogP contribution in [0.1, 0.15) is 23.2 Å². The monoisotopic (exact) mass is 450 g/mol. The van der Waals surface area contributed by atoms with Crippen molar-refractivity contribution in [3.63, 3.8) is 0 Å². The Kier molecular flexibility index (Phi) is 6.39. The summed E-state index contributed by atoms with van der Waals surface area (Å²) in [4.78, 5) is 27.0. The highest BCUT2D eigenvalue weighted by molar-refractivity contribution is 9.10. The van der Waals surface area contributed by atoms with E-state index in [2.05, 4.69) is 21.2 Å². The van der Waals surface area contributed by atoms with E-state index < -0.39 is 0 Å². The van der Waals surface area contributed by atoms with Gasteiger partial charge in [0.05, 0.1) is 12.8 Å². The van der Waals surface area contributed by atoms with Crippen molar-refractivity contribution in [1.29, 1.82) is 0 Å². The normalized spacial score (nSPS) is 14.7. The van der Waals surface area contributed by atoms with Gasteiger partial charge in [-0.3, -0.25) is 9.59 Å². The van der Waals surface area contributed by atoms with Gasteiger partial charge in [0.25, 0.3) is 5.91 Å². The number of likely N-dealkylation sites (tertiary alicyclic amines) is 1. The molecule has 0 atom stereocenters. The maximum absolute atomic E-state index is 12.6. The van der Waals surface area contributed by atoms with Crippen LogP contribution in [0.2, 0.25) is 5.02 Å². The van der Waals surface area contributed by atoms with Crippen molar-refractivity contribution in [3.8, 4) is 5.75 Å². The number of nitrogens with one attached hydrogen (secondary N) is 1. The van der Waals surface area contributed by atoms with Gasteiger partial charge in [-0.05, 0) is 55.3 Å². The van der Waals surface area contributed by atoms with E-state index in [1.807, 2.05) is 12.1 Å². The lowest BCUT2D eigenvalue weighted by Crippen LogP contribution is -2.41. The van der Waals surface area contributed by atoms with E-state index in [-0.39, 0.29) is 17.7 Å². The molecular weight excluding hydrogens is 432 g/mol. The van der Waals surface area contributed by atoms with Crippen molar-refractivity contribution in [1.82, 2.24) is 4.90 Å². The largest absolute Gasteiger partial charge is 0.495 e. The molecule has 142 valence electrons. The molecule has 3 rings (SSSR count). The van der Waals surface area contributed by atoms with Gasteiger partial charge in [-0.1, -0.05) is 27.5 Å². The first-order valence-electron chi connectivity index (χ1n) is 8.67. The first-order valence-corrected chi connectivity index (χ1v) is 9.84. The molecule has 7 heteroatoms. The highest BCUT2D eigenvalue weighted by Gasteiger charge is 2.28. The Morgan fingerprint density at radius 2 is 1.81 bits per heavy atom. The number of benzene rings is 2. The Bertz CT molecular complexity index is 834. The third kappa shape index (κ3) is 4.82. The molecule has 2 aromatic rings. The molecule has 0 bridgehead atoms. The summed E-state index contributed by atoms with van der Waals surface area (Å²) in [6.45, 7) is 1.11. The second-order valence-corrected chi connectivity index (χ2v) is 7.76. The molecule has 0 radical (unpaired) electrons. The van der Waals surface area contributed by atoms with Gasteiger partial charge in [-0.15, -0.1) is 0 Å². The van der Waals surface area contributed by atoms with Crippen molar-refractivity contribution in [3.05, 3.63) is 57.5 Å². The minimum Gasteiger partial charge on any atom is -0.495 e. The van der Waals surface area contributed by atoms with E-state index >= 15 is 0 Å². The van der Waals surface area contributed by atoms with Gasteiger partial charge in [0.15, 0.2) is 0 Å². The molecular formula is C20H20BrClN2O3. The number of hydrogen-bond acceptors (Lipinski definition) is 3. The number of anilines is 1. The van der Waals surface area contributed by atoms with Crippen LogP contribution >= 0.6 is 27.5 Å². The lowest BCUT2D eigenvalue weighted by Gasteiger charge is -2.31. The van der Waals surface area contributed by atoms with E-state index in [4.69, 9.17) is 16.3 Å². The highest BCUT2D eigenvalue weighted by Crippen LogP contribution is 2.29. The number of nitrogens with zero attached hydrogens (tertiary/aromatic N) is 1. The van der Waals surface area contributed by atoms with Gasteiger partial charge in [0.1, 0.15) is 5.75 Å². The van der Waals surface area contributed by atoms with Crippen LogP contribution < -0.4 is 10.1 Å². The van der Waals surface area contributed by atoms with E-state index in [9.17, 15) is 9.59 Å². The molecule has 0 spiro atoms. The summed E-state index contributed by atoms with van der Waals surface area (Å²) in [5.41, 5.74) is 1.22. The molecule has 0 unspecified atom stereocenters. The van der Waals surface area contributed by atoms with Crippen molar-refractivity contribution >= 4 is 45.0 Å². The van der Waals surface area contributed by atoms with Gasteiger partial charge in [-0.2, -0.15) is 0 Å². The zero-order valence-corrected chi connectivity index (χ0v) is 17.2. The Balaban J connectivity index is 1.59. The van der Waals surface area contributed by atoms with Gasteiger partial charge in [0.2, 0.25) is 5.91 Å². The number of halogens is 2. The molecule has 27 heavy (non-hydrogen) atoms. The smallest absolute Gasteiger partial charge is 0.253 e. The van der Waals surface area contributed by atoms with Crippen LogP contribution in [-0.2, 0) is 4.79 Å². The quantitative estimate of drug-likeness (QED) is 0.739. The average molecular weight is 452 g/mol. The Morgan fingerprint density at radius 1 is 1.15 bits per heavy atom. The Morgan fingerprint density at radius 3 is 2.44 bits per heavy atom. The van der Waals surface area contributed by atoms with Crippen LogP contribution in [0.3, 0.4) is 0 Å². The van der Waals surface area contributed by atoms with Crippen molar-refractivity contribution < 1.29 is 14.3 Å². The molecule has 1 heterocycles. The molecule has 1 saturated heterocycles. The van der Waals surface area contributed by atoms with Gasteiger partial charge in [-0.25, -0.2) is 0 Å². The maximum atomic E-state index is 12.6. The average Bonchev–Trinajstić information content (AvgIpc) is 2.68. The Hall–Kier alpha value is -2.05. The van der Waals surface area contributed by atoms with E-state index in [1.165, 1.54) is 0 Å². The van der Waals surface area contributed by atoms with E-state index in [1.54, 1.807) is 42.3 Å². The van der Waals surface area contributed by atoms with E-state index in [0.717, 1.165) is 4.47 Å². The topological polar surface area (TPSA) is 58.6 Å². The lowest BCUT2D eigenvalue weighted by atomic mass is 9.95. The molecule has 2 aromatic carbocycles. The van der Waals surface area contributed by atoms with Crippen molar-refractivity contribution in [2.75, 3.05) is 25.5 Å². The molecule has 1 aliphatic rings.